The molecule has 5 rings (SSSR count). The van der Waals surface area contributed by atoms with Crippen LogP contribution in [0.1, 0.15) is 6.92 Å². The predicted octanol–water partition coefficient (Wildman–Crippen LogP) is 5.47. The molecule has 0 saturated heterocycles. The van der Waals surface area contributed by atoms with E-state index in [2.05, 4.69) is 56.9 Å². The Kier molecular flexibility index (Phi) is 3.91. The molecule has 0 atom stereocenters. The Balaban J connectivity index is 1.74. The first-order valence-electron chi connectivity index (χ1n) is 8.88. The predicted molar refractivity (Wildman–Crippen MR) is 114 cm³/mol. The Morgan fingerprint density at radius 1 is 1.07 bits per heavy atom. The van der Waals surface area contributed by atoms with Gasteiger partial charge in [0.05, 0.1) is 23.1 Å². The van der Waals surface area contributed by atoms with Gasteiger partial charge in [0.1, 0.15) is 0 Å². The number of hydrogen-bond donors (Lipinski definition) is 2. The van der Waals surface area contributed by atoms with Crippen molar-refractivity contribution in [2.45, 2.75) is 6.92 Å². The number of aromatic amines is 1. The Hall–Kier alpha value is -3.51. The van der Waals surface area contributed by atoms with Gasteiger partial charge in [0.2, 0.25) is 5.91 Å². The zero-order valence-electron chi connectivity index (χ0n) is 15.1. The molecule has 136 valence electrons. The van der Waals surface area contributed by atoms with E-state index in [1.54, 1.807) is 17.5 Å². The summed E-state index contributed by atoms with van der Waals surface area (Å²) in [4.78, 5) is 17.3. The first kappa shape index (κ1) is 16.6. The summed E-state index contributed by atoms with van der Waals surface area (Å²) in [5.41, 5.74) is 4.44. The Morgan fingerprint density at radius 3 is 2.82 bits per heavy atom. The molecule has 0 unspecified atom stereocenters. The number of carbonyl (C=O) groups excluding carboxylic acids is 1. The summed E-state index contributed by atoms with van der Waals surface area (Å²) in [6.45, 7) is 1.50. The monoisotopic (exact) mass is 384 g/mol. The highest BCUT2D eigenvalue weighted by Crippen LogP contribution is 2.39. The number of nitrogens with zero attached hydrogens (tertiary/aromatic N) is 2. The normalized spacial score (nSPS) is 11.2. The molecule has 0 aliphatic heterocycles. The van der Waals surface area contributed by atoms with E-state index in [-0.39, 0.29) is 5.91 Å². The highest BCUT2D eigenvalue weighted by atomic mass is 32.1. The Morgan fingerprint density at radius 2 is 1.96 bits per heavy atom. The summed E-state index contributed by atoms with van der Waals surface area (Å²) in [6, 6.07) is 18.4. The van der Waals surface area contributed by atoms with Gasteiger partial charge in [-0.1, -0.05) is 18.2 Å². The molecular weight excluding hydrogens is 368 g/mol. The fraction of sp³-hybridized carbons (Fsp3) is 0.0455. The van der Waals surface area contributed by atoms with Gasteiger partial charge in [-0.2, -0.15) is 5.10 Å². The van der Waals surface area contributed by atoms with Gasteiger partial charge in [-0.15, -0.1) is 11.3 Å². The van der Waals surface area contributed by atoms with E-state index in [9.17, 15) is 4.79 Å². The average Bonchev–Trinajstić information content (AvgIpc) is 3.33. The minimum absolute atomic E-state index is 0.122. The van der Waals surface area contributed by atoms with Gasteiger partial charge in [0.25, 0.3) is 0 Å². The molecule has 5 aromatic rings. The van der Waals surface area contributed by atoms with Gasteiger partial charge < -0.3 is 5.32 Å². The smallest absolute Gasteiger partial charge is 0.221 e. The van der Waals surface area contributed by atoms with Crippen molar-refractivity contribution in [3.63, 3.8) is 0 Å². The Bertz CT molecular complexity index is 1300. The maximum absolute atomic E-state index is 11.6. The van der Waals surface area contributed by atoms with Gasteiger partial charge in [-0.3, -0.25) is 14.9 Å². The molecule has 3 heterocycles. The molecule has 0 saturated carbocycles. The van der Waals surface area contributed by atoms with Crippen LogP contribution in [0.25, 0.3) is 42.7 Å². The van der Waals surface area contributed by atoms with Crippen LogP contribution in [0.15, 0.2) is 67.0 Å². The molecule has 0 fully saturated rings. The first-order valence-corrected chi connectivity index (χ1v) is 9.70. The van der Waals surface area contributed by atoms with Crippen LogP contribution in [0.3, 0.4) is 0 Å². The lowest BCUT2D eigenvalue weighted by molar-refractivity contribution is -0.114. The molecule has 0 aliphatic carbocycles. The molecule has 3 aromatic heterocycles. The highest BCUT2D eigenvalue weighted by molar-refractivity contribution is 7.22. The quantitative estimate of drug-likeness (QED) is 0.434. The second-order valence-electron chi connectivity index (χ2n) is 6.59. The number of aromatic nitrogens is 3. The molecule has 2 aromatic carbocycles. The topological polar surface area (TPSA) is 70.7 Å². The number of fused-ring (bicyclic) bond motifs is 2. The van der Waals surface area contributed by atoms with Crippen molar-refractivity contribution in [2.75, 3.05) is 5.32 Å². The number of H-pyrrole nitrogens is 1. The van der Waals surface area contributed by atoms with Crippen LogP contribution in [0, 0.1) is 0 Å². The first-order chi connectivity index (χ1) is 13.7. The zero-order chi connectivity index (χ0) is 19.1. The lowest BCUT2D eigenvalue weighted by Crippen LogP contribution is -2.07. The van der Waals surface area contributed by atoms with E-state index in [0.29, 0.717) is 5.69 Å². The number of benzene rings is 2. The molecule has 0 spiro atoms. The fourth-order valence-corrected chi connectivity index (χ4v) is 4.51. The lowest BCUT2D eigenvalue weighted by Gasteiger charge is -2.11. The number of thiophene rings is 1. The number of nitrogens with one attached hydrogen (secondary N) is 2. The van der Waals surface area contributed by atoms with Gasteiger partial charge in [0, 0.05) is 39.2 Å². The fourth-order valence-electron chi connectivity index (χ4n) is 3.43. The van der Waals surface area contributed by atoms with Crippen LogP contribution < -0.4 is 5.32 Å². The van der Waals surface area contributed by atoms with Crippen molar-refractivity contribution in [3.05, 3.63) is 67.0 Å². The van der Waals surface area contributed by atoms with Crippen molar-refractivity contribution < 1.29 is 4.79 Å². The third kappa shape index (κ3) is 2.84. The van der Waals surface area contributed by atoms with Gasteiger partial charge in [0.15, 0.2) is 0 Å². The number of rotatable bonds is 3. The molecule has 2 N–H and O–H groups in total. The molecule has 1 amide bonds. The minimum atomic E-state index is -0.122. The third-order valence-corrected chi connectivity index (χ3v) is 5.78. The largest absolute Gasteiger partial charge is 0.324 e. The van der Waals surface area contributed by atoms with Crippen molar-refractivity contribution in [3.8, 4) is 21.7 Å². The molecule has 28 heavy (non-hydrogen) atoms. The maximum atomic E-state index is 11.6. The van der Waals surface area contributed by atoms with Crippen LogP contribution in [0.4, 0.5) is 5.69 Å². The van der Waals surface area contributed by atoms with Crippen molar-refractivity contribution in [1.82, 2.24) is 15.2 Å². The average molecular weight is 384 g/mol. The molecule has 0 bridgehead atoms. The number of pyridine rings is 1. The number of amides is 1. The summed E-state index contributed by atoms with van der Waals surface area (Å²) in [5, 5.41) is 12.5. The number of anilines is 1. The van der Waals surface area contributed by atoms with E-state index in [1.165, 1.54) is 17.0 Å². The van der Waals surface area contributed by atoms with Crippen molar-refractivity contribution in [2.24, 2.45) is 0 Å². The van der Waals surface area contributed by atoms with E-state index >= 15 is 0 Å². The summed E-state index contributed by atoms with van der Waals surface area (Å²) >= 11 is 1.75. The SMILES string of the molecule is CC(=O)Nc1cccnc1-c1cc(-c2cc3ccccc3s2)c2[nH]ncc2c1. The lowest BCUT2D eigenvalue weighted by atomic mass is 10.0. The maximum Gasteiger partial charge on any atom is 0.221 e. The molecule has 0 aliphatic rings. The van der Waals surface area contributed by atoms with E-state index in [0.717, 1.165) is 32.6 Å². The van der Waals surface area contributed by atoms with Crippen LogP contribution in [-0.4, -0.2) is 21.1 Å². The van der Waals surface area contributed by atoms with E-state index in [4.69, 9.17) is 0 Å². The van der Waals surface area contributed by atoms with E-state index < -0.39 is 0 Å². The molecular formula is C22H16N4OS. The molecule has 5 nitrogen and oxygen atoms in total. The molecule has 6 heteroatoms. The van der Waals surface area contributed by atoms with Crippen LogP contribution in [-0.2, 0) is 4.79 Å². The van der Waals surface area contributed by atoms with Crippen molar-refractivity contribution >= 4 is 43.9 Å². The standard InChI is InChI=1S/C22H16N4OS/c1-13(27)25-18-6-4-8-23-22(18)15-9-16-12-24-26-21(16)17(10-15)20-11-14-5-2-3-7-19(14)28-20/h2-12H,1H3,(H,24,26)(H,25,27). The van der Waals surface area contributed by atoms with Gasteiger partial charge in [-0.05, 0) is 41.8 Å². The van der Waals surface area contributed by atoms with Crippen LogP contribution >= 0.6 is 11.3 Å². The summed E-state index contributed by atoms with van der Waals surface area (Å²) in [6.07, 6.45) is 3.55. The summed E-state index contributed by atoms with van der Waals surface area (Å²) in [5.74, 6) is -0.122. The second kappa shape index (κ2) is 6.58. The van der Waals surface area contributed by atoms with Gasteiger partial charge in [-0.25, -0.2) is 0 Å². The third-order valence-electron chi connectivity index (χ3n) is 4.63. The van der Waals surface area contributed by atoms with Gasteiger partial charge >= 0.3 is 0 Å². The van der Waals surface area contributed by atoms with Crippen molar-refractivity contribution in [1.29, 1.82) is 0 Å². The van der Waals surface area contributed by atoms with Crippen LogP contribution in [0.5, 0.6) is 0 Å². The minimum Gasteiger partial charge on any atom is -0.324 e. The second-order valence-corrected chi connectivity index (χ2v) is 7.67. The highest BCUT2D eigenvalue weighted by Gasteiger charge is 2.15. The zero-order valence-corrected chi connectivity index (χ0v) is 15.9. The molecule has 0 radical (unpaired) electrons. The van der Waals surface area contributed by atoms with E-state index in [1.807, 2.05) is 24.4 Å². The van der Waals surface area contributed by atoms with Crippen LogP contribution in [0.2, 0.25) is 0 Å². The summed E-state index contributed by atoms with van der Waals surface area (Å²) in [7, 11) is 0. The number of hydrogen-bond acceptors (Lipinski definition) is 4. The number of carbonyl (C=O) groups is 1. The Labute approximate surface area is 165 Å². The summed E-state index contributed by atoms with van der Waals surface area (Å²) < 4.78 is 1.24.